The molecule has 0 heterocycles. The summed E-state index contributed by atoms with van der Waals surface area (Å²) in [6.07, 6.45) is 39.2. The zero-order valence-electron chi connectivity index (χ0n) is 33.4. The van der Waals surface area contributed by atoms with Crippen LogP contribution in [-0.2, 0) is 9.47 Å². The molecule has 49 heavy (non-hydrogen) atoms. The van der Waals surface area contributed by atoms with Crippen molar-refractivity contribution in [3.8, 4) is 0 Å². The van der Waals surface area contributed by atoms with Crippen LogP contribution in [0.25, 0.3) is 0 Å². The maximum Gasteiger partial charge on any atom is 0.508 e. The van der Waals surface area contributed by atoms with Crippen molar-refractivity contribution in [2.75, 3.05) is 6.61 Å². The molecule has 4 aliphatic rings. The lowest BCUT2D eigenvalue weighted by Gasteiger charge is -2.58. The Morgan fingerprint density at radius 1 is 0.796 bits per heavy atom. The van der Waals surface area contributed by atoms with E-state index in [0.717, 1.165) is 67.6 Å². The van der Waals surface area contributed by atoms with E-state index in [1.807, 2.05) is 0 Å². The maximum atomic E-state index is 12.6. The Morgan fingerprint density at radius 3 is 2.16 bits per heavy atom. The van der Waals surface area contributed by atoms with Crippen molar-refractivity contribution < 1.29 is 14.3 Å². The highest BCUT2D eigenvalue weighted by molar-refractivity contribution is 5.60. The molecule has 3 fully saturated rings. The third kappa shape index (κ3) is 11.6. The molecule has 0 radical (unpaired) electrons. The molecule has 3 nitrogen and oxygen atoms in total. The zero-order chi connectivity index (χ0) is 35.1. The first-order chi connectivity index (χ1) is 23.7. The van der Waals surface area contributed by atoms with Crippen LogP contribution in [0.3, 0.4) is 0 Å². The lowest BCUT2D eigenvalue weighted by Crippen LogP contribution is -2.51. The molecule has 4 rings (SSSR count). The number of hydrogen-bond acceptors (Lipinski definition) is 3. The molecule has 0 aromatic rings. The van der Waals surface area contributed by atoms with Crippen LogP contribution in [0, 0.1) is 46.3 Å². The predicted molar refractivity (Wildman–Crippen MR) is 209 cm³/mol. The summed E-state index contributed by atoms with van der Waals surface area (Å²) in [5.41, 5.74) is 2.42. The van der Waals surface area contributed by atoms with Gasteiger partial charge in [-0.15, -0.1) is 0 Å². The van der Waals surface area contributed by atoms with E-state index in [9.17, 15) is 4.79 Å². The highest BCUT2D eigenvalue weighted by Crippen LogP contribution is 2.67. The fraction of sp³-hybridized carbons (Fsp3) is 0.891. The maximum absolute atomic E-state index is 12.6. The van der Waals surface area contributed by atoms with E-state index >= 15 is 0 Å². The second-order valence-electron chi connectivity index (χ2n) is 18.3. The van der Waals surface area contributed by atoms with Gasteiger partial charge in [-0.1, -0.05) is 142 Å². The molecule has 0 N–H and O–H groups in total. The van der Waals surface area contributed by atoms with E-state index in [2.05, 4.69) is 59.8 Å². The third-order valence-electron chi connectivity index (χ3n) is 14.4. The Bertz CT molecular complexity index is 1010. The van der Waals surface area contributed by atoms with E-state index in [4.69, 9.17) is 9.47 Å². The van der Waals surface area contributed by atoms with E-state index in [1.165, 1.54) is 128 Å². The molecule has 0 amide bonds. The predicted octanol–water partition coefficient (Wildman–Crippen LogP) is 14.6. The number of unbranched alkanes of at least 4 members (excludes halogenated alkanes) is 12. The van der Waals surface area contributed by atoms with Crippen molar-refractivity contribution in [1.82, 2.24) is 0 Å². The Morgan fingerprint density at radius 2 is 1.47 bits per heavy atom. The molecule has 3 saturated carbocycles. The lowest BCUT2D eigenvalue weighted by molar-refractivity contribution is -0.0617. The molecular formula is C46H80O3. The molecule has 3 heteroatoms. The number of fused-ring (bicyclic) bond motifs is 5. The Hall–Kier alpha value is -1.25. The molecular weight excluding hydrogens is 601 g/mol. The smallest absolute Gasteiger partial charge is 0.434 e. The van der Waals surface area contributed by atoms with Crippen LogP contribution in [0.15, 0.2) is 23.8 Å². The second kappa shape index (κ2) is 20.7. The quantitative estimate of drug-likeness (QED) is 0.0648. The van der Waals surface area contributed by atoms with Gasteiger partial charge in [0.25, 0.3) is 0 Å². The van der Waals surface area contributed by atoms with Gasteiger partial charge in [-0.3, -0.25) is 0 Å². The number of rotatable bonds is 22. The first-order valence-corrected chi connectivity index (χ1v) is 21.9. The summed E-state index contributed by atoms with van der Waals surface area (Å²) in [6.45, 7) is 15.4. The SMILES string of the molecule is CCCCCCCC/C=C/CCCCCCCCOC(=O)OC1CCC2(C)C(=CCC3C2CCC2(C)C(C(C)CCCC(C)C)CCC32)C1. The number of carbonyl (C=O) groups excluding carboxylic acids is 1. The van der Waals surface area contributed by atoms with Gasteiger partial charge >= 0.3 is 6.16 Å². The van der Waals surface area contributed by atoms with Gasteiger partial charge in [-0.25, -0.2) is 4.79 Å². The van der Waals surface area contributed by atoms with Crippen molar-refractivity contribution in [2.24, 2.45) is 46.3 Å². The van der Waals surface area contributed by atoms with Gasteiger partial charge in [0.05, 0.1) is 6.61 Å². The largest absolute Gasteiger partial charge is 0.508 e. The number of carbonyl (C=O) groups is 1. The van der Waals surface area contributed by atoms with Crippen LogP contribution in [0.5, 0.6) is 0 Å². The first kappa shape index (κ1) is 40.5. The van der Waals surface area contributed by atoms with Gasteiger partial charge in [0.15, 0.2) is 0 Å². The average molecular weight is 681 g/mol. The highest BCUT2D eigenvalue weighted by atomic mass is 16.7. The fourth-order valence-corrected chi connectivity index (χ4v) is 11.4. The molecule has 0 bridgehead atoms. The van der Waals surface area contributed by atoms with Gasteiger partial charge in [0, 0.05) is 6.42 Å². The molecule has 4 aliphatic carbocycles. The van der Waals surface area contributed by atoms with Crippen LogP contribution in [-0.4, -0.2) is 18.9 Å². The van der Waals surface area contributed by atoms with E-state index in [-0.39, 0.29) is 6.10 Å². The second-order valence-corrected chi connectivity index (χ2v) is 18.3. The summed E-state index contributed by atoms with van der Waals surface area (Å²) in [5, 5.41) is 0. The van der Waals surface area contributed by atoms with Crippen molar-refractivity contribution >= 4 is 6.16 Å². The number of allylic oxidation sites excluding steroid dienone is 3. The fourth-order valence-electron chi connectivity index (χ4n) is 11.4. The van der Waals surface area contributed by atoms with Crippen molar-refractivity contribution in [2.45, 2.75) is 208 Å². The van der Waals surface area contributed by atoms with Crippen LogP contribution in [0.1, 0.15) is 202 Å². The summed E-state index contributed by atoms with van der Waals surface area (Å²) >= 11 is 0. The van der Waals surface area contributed by atoms with Crippen molar-refractivity contribution in [3.05, 3.63) is 23.8 Å². The van der Waals surface area contributed by atoms with Gasteiger partial charge in [0.1, 0.15) is 6.10 Å². The molecule has 8 unspecified atom stereocenters. The van der Waals surface area contributed by atoms with E-state index in [1.54, 1.807) is 5.57 Å². The van der Waals surface area contributed by atoms with Crippen LogP contribution in [0.4, 0.5) is 4.79 Å². The van der Waals surface area contributed by atoms with Crippen LogP contribution in [0.2, 0.25) is 0 Å². The minimum atomic E-state index is -0.441. The minimum Gasteiger partial charge on any atom is -0.434 e. The molecule has 0 saturated heterocycles. The summed E-state index contributed by atoms with van der Waals surface area (Å²) in [7, 11) is 0. The molecule has 282 valence electrons. The monoisotopic (exact) mass is 681 g/mol. The Balaban J connectivity index is 1.08. The minimum absolute atomic E-state index is 0.0142. The zero-order valence-corrected chi connectivity index (χ0v) is 33.4. The van der Waals surface area contributed by atoms with Crippen LogP contribution >= 0.6 is 0 Å². The van der Waals surface area contributed by atoms with Gasteiger partial charge in [-0.2, -0.15) is 0 Å². The molecule has 0 aromatic heterocycles. The van der Waals surface area contributed by atoms with Crippen LogP contribution < -0.4 is 0 Å². The summed E-state index contributed by atoms with van der Waals surface area (Å²) in [5.74, 6) is 5.15. The topological polar surface area (TPSA) is 35.5 Å². The highest BCUT2D eigenvalue weighted by Gasteiger charge is 2.59. The molecule has 8 atom stereocenters. The number of hydrogen-bond donors (Lipinski definition) is 0. The lowest BCUT2D eigenvalue weighted by atomic mass is 9.47. The standard InChI is InChI=1S/C46H80O3/c1-7-8-9-10-11-12-13-14-15-16-17-18-19-20-21-22-34-48-44(47)49-39-30-32-45(5)38(35-39)26-27-40-42-29-28-41(37(4)25-23-24-36(2)3)46(42,6)33-31-43(40)45/h14-15,26,36-37,39-43H,7-13,16-25,27-35H2,1-6H3/b15-14+. The number of ether oxygens (including phenoxy) is 2. The Labute approximate surface area is 304 Å². The average Bonchev–Trinajstić information content (AvgIpc) is 3.43. The molecule has 0 aromatic carbocycles. The first-order valence-electron chi connectivity index (χ1n) is 21.9. The summed E-state index contributed by atoms with van der Waals surface area (Å²) < 4.78 is 11.5. The van der Waals surface area contributed by atoms with Gasteiger partial charge in [-0.05, 0) is 123 Å². The van der Waals surface area contributed by atoms with Gasteiger partial charge in [0.2, 0.25) is 0 Å². The van der Waals surface area contributed by atoms with Crippen molar-refractivity contribution in [1.29, 1.82) is 0 Å². The van der Waals surface area contributed by atoms with Crippen molar-refractivity contribution in [3.63, 3.8) is 0 Å². The molecule has 0 aliphatic heterocycles. The molecule has 0 spiro atoms. The summed E-state index contributed by atoms with van der Waals surface area (Å²) in [4.78, 5) is 12.6. The normalized spacial score (nSPS) is 31.7. The third-order valence-corrected chi connectivity index (χ3v) is 14.4. The van der Waals surface area contributed by atoms with E-state index < -0.39 is 6.16 Å². The Kier molecular flexibility index (Phi) is 17.1. The van der Waals surface area contributed by atoms with E-state index in [0.29, 0.717) is 17.4 Å². The summed E-state index contributed by atoms with van der Waals surface area (Å²) in [6, 6.07) is 0. The van der Waals surface area contributed by atoms with Gasteiger partial charge < -0.3 is 9.47 Å².